The van der Waals surface area contributed by atoms with Crippen LogP contribution in [0.2, 0.25) is 0 Å². The van der Waals surface area contributed by atoms with E-state index >= 15 is 0 Å². The van der Waals surface area contributed by atoms with E-state index in [-0.39, 0.29) is 0 Å². The number of rotatable bonds is 0. The van der Waals surface area contributed by atoms with Gasteiger partial charge in [0, 0.05) is 12.5 Å². The monoisotopic (exact) mass is 161 g/mol. The van der Waals surface area contributed by atoms with Crippen LogP contribution in [0.15, 0.2) is 6.07 Å². The highest BCUT2D eigenvalue weighted by Gasteiger charge is 2.15. The van der Waals surface area contributed by atoms with Gasteiger partial charge in [-0.2, -0.15) is 5.26 Å². The smallest absolute Gasteiger partial charge is 0.142 e. The van der Waals surface area contributed by atoms with Gasteiger partial charge in [-0.1, -0.05) is 0 Å². The second-order valence-electron chi connectivity index (χ2n) is 2.58. The lowest BCUT2D eigenvalue weighted by atomic mass is 10.2. The van der Waals surface area contributed by atoms with Crippen molar-refractivity contribution in [3.05, 3.63) is 17.3 Å². The molecule has 12 heavy (non-hydrogen) atoms. The minimum Gasteiger partial charge on any atom is -0.491 e. The predicted octanol–water partition coefficient (Wildman–Crippen LogP) is 0.470. The number of fused-ring (bicyclic) bond motifs is 1. The first kappa shape index (κ1) is 6.92. The fourth-order valence-corrected chi connectivity index (χ4v) is 1.20. The zero-order chi connectivity index (χ0) is 8.55. The number of hydrogen-bond donors (Lipinski definition) is 1. The van der Waals surface area contributed by atoms with Gasteiger partial charge in [0.1, 0.15) is 17.6 Å². The third-order valence-electron chi connectivity index (χ3n) is 1.81. The van der Waals surface area contributed by atoms with Crippen LogP contribution in [0.3, 0.4) is 0 Å². The molecule has 0 bridgehead atoms. The SMILES string of the molecule is N#Cc1cc2c(nc1N)CCO2. The molecule has 4 nitrogen and oxygen atoms in total. The molecule has 0 unspecified atom stereocenters. The molecule has 0 aromatic carbocycles. The molecule has 0 spiro atoms. The van der Waals surface area contributed by atoms with Crippen LogP contribution in [0.5, 0.6) is 5.75 Å². The fourth-order valence-electron chi connectivity index (χ4n) is 1.20. The summed E-state index contributed by atoms with van der Waals surface area (Å²) >= 11 is 0. The maximum atomic E-state index is 8.62. The normalized spacial score (nSPS) is 13.2. The van der Waals surface area contributed by atoms with Crippen molar-refractivity contribution >= 4 is 5.82 Å². The Balaban J connectivity index is 2.59. The summed E-state index contributed by atoms with van der Waals surface area (Å²) in [7, 11) is 0. The molecule has 4 heteroatoms. The van der Waals surface area contributed by atoms with E-state index in [0.29, 0.717) is 23.7 Å². The molecule has 0 radical (unpaired) electrons. The average Bonchev–Trinajstić information content (AvgIpc) is 2.49. The van der Waals surface area contributed by atoms with Crippen molar-refractivity contribution in [1.29, 1.82) is 5.26 Å². The van der Waals surface area contributed by atoms with E-state index in [4.69, 9.17) is 15.7 Å². The minimum atomic E-state index is 0.293. The summed E-state index contributed by atoms with van der Waals surface area (Å²) in [6.45, 7) is 0.636. The Morgan fingerprint density at radius 3 is 3.25 bits per heavy atom. The number of ether oxygens (including phenoxy) is 1. The van der Waals surface area contributed by atoms with Crippen molar-refractivity contribution in [2.45, 2.75) is 6.42 Å². The molecule has 0 fully saturated rings. The maximum Gasteiger partial charge on any atom is 0.142 e. The number of pyridine rings is 1. The lowest BCUT2D eigenvalue weighted by molar-refractivity contribution is 0.356. The van der Waals surface area contributed by atoms with Gasteiger partial charge in [-0.25, -0.2) is 4.98 Å². The molecule has 0 saturated carbocycles. The van der Waals surface area contributed by atoms with E-state index in [9.17, 15) is 0 Å². The summed E-state index contributed by atoms with van der Waals surface area (Å²) in [6, 6.07) is 3.60. The maximum absolute atomic E-state index is 8.62. The van der Waals surface area contributed by atoms with Crippen molar-refractivity contribution in [2.75, 3.05) is 12.3 Å². The summed E-state index contributed by atoms with van der Waals surface area (Å²) in [5.41, 5.74) is 6.75. The molecule has 2 heterocycles. The van der Waals surface area contributed by atoms with Gasteiger partial charge in [-0.05, 0) is 0 Å². The van der Waals surface area contributed by atoms with Crippen molar-refractivity contribution in [3.63, 3.8) is 0 Å². The second-order valence-corrected chi connectivity index (χ2v) is 2.58. The first-order chi connectivity index (χ1) is 5.81. The van der Waals surface area contributed by atoms with E-state index in [1.165, 1.54) is 0 Å². The Kier molecular flexibility index (Phi) is 1.37. The van der Waals surface area contributed by atoms with Crippen LogP contribution in [-0.4, -0.2) is 11.6 Å². The Morgan fingerprint density at radius 2 is 2.50 bits per heavy atom. The topological polar surface area (TPSA) is 71.9 Å². The van der Waals surface area contributed by atoms with E-state index in [1.54, 1.807) is 6.07 Å². The molecule has 1 aliphatic heterocycles. The highest BCUT2D eigenvalue weighted by atomic mass is 16.5. The van der Waals surface area contributed by atoms with E-state index < -0.39 is 0 Å². The number of aromatic nitrogens is 1. The highest BCUT2D eigenvalue weighted by Crippen LogP contribution is 2.26. The number of anilines is 1. The van der Waals surface area contributed by atoms with Gasteiger partial charge in [0.05, 0.1) is 17.9 Å². The predicted molar refractivity (Wildman–Crippen MR) is 42.6 cm³/mol. The Morgan fingerprint density at radius 1 is 1.67 bits per heavy atom. The first-order valence-corrected chi connectivity index (χ1v) is 3.63. The molecule has 1 aromatic heterocycles. The Bertz CT molecular complexity index is 367. The largest absolute Gasteiger partial charge is 0.491 e. The van der Waals surface area contributed by atoms with Gasteiger partial charge in [-0.3, -0.25) is 0 Å². The van der Waals surface area contributed by atoms with Crippen LogP contribution in [-0.2, 0) is 6.42 Å². The number of nitrogens with two attached hydrogens (primary N) is 1. The molecular weight excluding hydrogens is 154 g/mol. The Hall–Kier alpha value is -1.76. The van der Waals surface area contributed by atoms with Crippen LogP contribution in [0.1, 0.15) is 11.3 Å². The van der Waals surface area contributed by atoms with E-state index in [0.717, 1.165) is 12.1 Å². The average molecular weight is 161 g/mol. The molecule has 0 saturated heterocycles. The van der Waals surface area contributed by atoms with Crippen LogP contribution >= 0.6 is 0 Å². The number of nitrogens with zero attached hydrogens (tertiary/aromatic N) is 2. The molecule has 0 amide bonds. The summed E-state index contributed by atoms with van der Waals surface area (Å²) < 4.78 is 5.23. The third-order valence-corrected chi connectivity index (χ3v) is 1.81. The number of nitriles is 1. The Labute approximate surface area is 69.6 Å². The molecule has 1 aromatic rings. The standard InChI is InChI=1S/C8H7N3O/c9-4-5-3-7-6(1-2-12-7)11-8(5)10/h3H,1-2H2,(H2,10,11). The summed E-state index contributed by atoms with van der Waals surface area (Å²) in [5, 5.41) is 8.62. The van der Waals surface area contributed by atoms with Gasteiger partial charge in [0.25, 0.3) is 0 Å². The fraction of sp³-hybridized carbons (Fsp3) is 0.250. The molecule has 2 N–H and O–H groups in total. The summed E-state index contributed by atoms with van der Waals surface area (Å²) in [6.07, 6.45) is 0.783. The number of hydrogen-bond acceptors (Lipinski definition) is 4. The highest BCUT2D eigenvalue weighted by molar-refractivity contribution is 5.53. The molecular formula is C8H7N3O. The summed E-state index contributed by atoms with van der Waals surface area (Å²) in [4.78, 5) is 4.05. The zero-order valence-corrected chi connectivity index (χ0v) is 6.37. The van der Waals surface area contributed by atoms with Crippen molar-refractivity contribution in [1.82, 2.24) is 4.98 Å². The van der Waals surface area contributed by atoms with Crippen molar-refractivity contribution < 1.29 is 4.74 Å². The number of nitrogen functional groups attached to an aromatic ring is 1. The van der Waals surface area contributed by atoms with Crippen molar-refractivity contribution in [2.24, 2.45) is 0 Å². The lowest BCUT2D eigenvalue weighted by Gasteiger charge is -2.00. The molecule has 0 atom stereocenters. The van der Waals surface area contributed by atoms with Gasteiger partial charge in [0.2, 0.25) is 0 Å². The first-order valence-electron chi connectivity index (χ1n) is 3.63. The molecule has 0 aliphatic carbocycles. The van der Waals surface area contributed by atoms with Gasteiger partial charge in [0.15, 0.2) is 0 Å². The zero-order valence-electron chi connectivity index (χ0n) is 6.37. The molecule has 1 aliphatic rings. The van der Waals surface area contributed by atoms with Crippen LogP contribution in [0.4, 0.5) is 5.82 Å². The van der Waals surface area contributed by atoms with Gasteiger partial charge >= 0.3 is 0 Å². The third kappa shape index (κ3) is 0.873. The van der Waals surface area contributed by atoms with Crippen LogP contribution < -0.4 is 10.5 Å². The second kappa shape index (κ2) is 2.38. The van der Waals surface area contributed by atoms with Crippen LogP contribution in [0.25, 0.3) is 0 Å². The van der Waals surface area contributed by atoms with Crippen molar-refractivity contribution in [3.8, 4) is 11.8 Å². The molecule has 60 valence electrons. The van der Waals surface area contributed by atoms with Gasteiger partial charge in [-0.15, -0.1) is 0 Å². The minimum absolute atomic E-state index is 0.293. The molecule has 2 rings (SSSR count). The van der Waals surface area contributed by atoms with Crippen LogP contribution in [0, 0.1) is 11.3 Å². The van der Waals surface area contributed by atoms with E-state index in [2.05, 4.69) is 4.98 Å². The van der Waals surface area contributed by atoms with E-state index in [1.807, 2.05) is 6.07 Å². The lowest BCUT2D eigenvalue weighted by Crippen LogP contribution is -1.96. The summed E-state index contributed by atoms with van der Waals surface area (Å²) in [5.74, 6) is 0.988. The van der Waals surface area contributed by atoms with Gasteiger partial charge < -0.3 is 10.5 Å². The quantitative estimate of drug-likeness (QED) is 0.600.